The van der Waals surface area contributed by atoms with E-state index in [0.29, 0.717) is 17.8 Å². The number of nitrogens with zero attached hydrogens (tertiary/aromatic N) is 1. The minimum atomic E-state index is -0.929. The first kappa shape index (κ1) is 16.3. The highest BCUT2D eigenvalue weighted by atomic mass is 16.6. The molecule has 0 bridgehead atoms. The maximum atomic E-state index is 12.6. The summed E-state index contributed by atoms with van der Waals surface area (Å²) in [6.07, 6.45) is 1.78. The zero-order chi connectivity index (χ0) is 17.1. The van der Waals surface area contributed by atoms with Gasteiger partial charge in [0.05, 0.1) is 13.0 Å². The van der Waals surface area contributed by atoms with Crippen LogP contribution in [0.5, 0.6) is 0 Å². The molecule has 126 valence electrons. The number of allylic oxidation sites excluding steroid dienone is 1. The highest BCUT2D eigenvalue weighted by Crippen LogP contribution is 2.38. The van der Waals surface area contributed by atoms with Crippen LogP contribution < -0.4 is 0 Å². The fourth-order valence-electron chi connectivity index (χ4n) is 2.87. The lowest BCUT2D eigenvalue weighted by Crippen LogP contribution is -2.55. The number of carbonyl (C=O) groups excluding carboxylic acids is 2. The first-order valence-electron chi connectivity index (χ1n) is 7.77. The number of β-lactam (4-membered cyclic amide) rings is 1. The molecule has 1 aromatic rings. The molecule has 1 N–H and O–H groups in total. The van der Waals surface area contributed by atoms with E-state index in [9.17, 15) is 14.7 Å². The number of benzene rings is 1. The molecule has 2 heterocycles. The van der Waals surface area contributed by atoms with Gasteiger partial charge in [0.25, 0.3) is 0 Å². The van der Waals surface area contributed by atoms with Gasteiger partial charge < -0.3 is 14.6 Å². The predicted molar refractivity (Wildman–Crippen MR) is 85.3 cm³/mol. The Kier molecular flexibility index (Phi) is 4.66. The van der Waals surface area contributed by atoms with Crippen molar-refractivity contribution in [2.24, 2.45) is 0 Å². The molecule has 24 heavy (non-hydrogen) atoms. The largest absolute Gasteiger partial charge is 0.471 e. The van der Waals surface area contributed by atoms with Crippen molar-refractivity contribution in [2.75, 3.05) is 6.61 Å². The monoisotopic (exact) mass is 329 g/mol. The number of carbonyl (C=O) groups is 2. The van der Waals surface area contributed by atoms with Crippen LogP contribution in [0.15, 0.2) is 54.3 Å². The number of fused-ring (bicyclic) bond motifs is 1. The van der Waals surface area contributed by atoms with Gasteiger partial charge >= 0.3 is 5.97 Å². The fourth-order valence-corrected chi connectivity index (χ4v) is 2.87. The van der Waals surface area contributed by atoms with Crippen LogP contribution >= 0.6 is 0 Å². The van der Waals surface area contributed by atoms with Crippen LogP contribution in [-0.2, 0) is 25.7 Å². The van der Waals surface area contributed by atoms with Gasteiger partial charge in [0, 0.05) is 0 Å². The lowest BCUT2D eigenvalue weighted by Gasteiger charge is -2.33. The molecule has 0 radical (unpaired) electrons. The molecule has 6 heteroatoms. The van der Waals surface area contributed by atoms with Gasteiger partial charge in [-0.15, -0.1) is 6.58 Å². The zero-order valence-corrected chi connectivity index (χ0v) is 13.2. The number of rotatable bonds is 6. The molecule has 2 atom stereocenters. The van der Waals surface area contributed by atoms with Crippen LogP contribution in [0.3, 0.4) is 0 Å². The summed E-state index contributed by atoms with van der Waals surface area (Å²) in [5.74, 6) is -0.404. The molecule has 1 amide bonds. The van der Waals surface area contributed by atoms with Crippen molar-refractivity contribution in [2.45, 2.75) is 31.7 Å². The second-order valence-corrected chi connectivity index (χ2v) is 5.69. The molecule has 0 aromatic heterocycles. The maximum Gasteiger partial charge on any atom is 0.337 e. The first-order valence-corrected chi connectivity index (χ1v) is 7.77. The third-order valence-electron chi connectivity index (χ3n) is 4.11. The van der Waals surface area contributed by atoms with Gasteiger partial charge in [0.1, 0.15) is 12.4 Å². The maximum absolute atomic E-state index is 12.6. The third-order valence-corrected chi connectivity index (χ3v) is 4.11. The van der Waals surface area contributed by atoms with Crippen LogP contribution in [-0.4, -0.2) is 40.8 Å². The van der Waals surface area contributed by atoms with E-state index in [1.807, 2.05) is 30.3 Å². The molecular weight excluding hydrogens is 310 g/mol. The molecule has 1 unspecified atom stereocenters. The van der Waals surface area contributed by atoms with E-state index in [2.05, 4.69) is 6.58 Å². The van der Waals surface area contributed by atoms with E-state index in [0.717, 1.165) is 5.56 Å². The predicted octanol–water partition coefficient (Wildman–Crippen LogP) is 1.51. The molecule has 1 aromatic carbocycles. The zero-order valence-electron chi connectivity index (χ0n) is 13.2. The molecule has 2 saturated heterocycles. The van der Waals surface area contributed by atoms with Gasteiger partial charge in [-0.2, -0.15) is 0 Å². The minimum Gasteiger partial charge on any atom is -0.471 e. The fraction of sp³-hybridized carbons (Fsp3) is 0.333. The molecular formula is C18H19NO5. The van der Waals surface area contributed by atoms with Crippen molar-refractivity contribution in [1.29, 1.82) is 0 Å². The Morgan fingerprint density at radius 2 is 2.17 bits per heavy atom. The summed E-state index contributed by atoms with van der Waals surface area (Å²) in [5.41, 5.74) is 1.39. The smallest absolute Gasteiger partial charge is 0.337 e. The highest BCUT2D eigenvalue weighted by Gasteiger charge is 2.55. The summed E-state index contributed by atoms with van der Waals surface area (Å²) < 4.78 is 11.1. The summed E-state index contributed by atoms with van der Waals surface area (Å²) in [7, 11) is 0. The summed E-state index contributed by atoms with van der Waals surface area (Å²) >= 11 is 0. The Labute approximate surface area is 140 Å². The molecule has 6 nitrogen and oxygen atoms in total. The van der Waals surface area contributed by atoms with Crippen LogP contribution in [0, 0.1) is 0 Å². The topological polar surface area (TPSA) is 76.1 Å². The van der Waals surface area contributed by atoms with Crippen LogP contribution in [0.4, 0.5) is 0 Å². The number of hydrogen-bond acceptors (Lipinski definition) is 5. The van der Waals surface area contributed by atoms with Gasteiger partial charge in [-0.25, -0.2) is 4.79 Å². The minimum absolute atomic E-state index is 0.117. The van der Waals surface area contributed by atoms with Gasteiger partial charge in [0.2, 0.25) is 5.91 Å². The summed E-state index contributed by atoms with van der Waals surface area (Å²) in [4.78, 5) is 25.8. The lowest BCUT2D eigenvalue weighted by molar-refractivity contribution is -0.166. The number of esters is 1. The van der Waals surface area contributed by atoms with Crippen molar-refractivity contribution in [3.8, 4) is 0 Å². The van der Waals surface area contributed by atoms with Crippen molar-refractivity contribution >= 4 is 11.9 Å². The van der Waals surface area contributed by atoms with Crippen molar-refractivity contribution in [3.05, 3.63) is 59.9 Å². The average molecular weight is 329 g/mol. The summed E-state index contributed by atoms with van der Waals surface area (Å²) in [6, 6.07) is 8.37. The number of ether oxygens (including phenoxy) is 2. The van der Waals surface area contributed by atoms with E-state index in [4.69, 9.17) is 9.47 Å². The van der Waals surface area contributed by atoms with Crippen LogP contribution in [0.1, 0.15) is 18.4 Å². The molecule has 3 rings (SSSR count). The van der Waals surface area contributed by atoms with Crippen LogP contribution in [0.2, 0.25) is 0 Å². The average Bonchev–Trinajstić information content (AvgIpc) is 2.91. The lowest BCUT2D eigenvalue weighted by atomic mass is 10.0. The van der Waals surface area contributed by atoms with Crippen molar-refractivity contribution in [3.63, 3.8) is 0 Å². The molecule has 2 aliphatic heterocycles. The van der Waals surface area contributed by atoms with Crippen molar-refractivity contribution in [1.82, 2.24) is 4.90 Å². The number of amides is 1. The van der Waals surface area contributed by atoms with Crippen LogP contribution in [0.25, 0.3) is 0 Å². The number of hydrogen-bond donors (Lipinski definition) is 1. The molecule has 2 aliphatic rings. The molecule has 0 saturated carbocycles. The van der Waals surface area contributed by atoms with E-state index in [-0.39, 0.29) is 25.5 Å². The third kappa shape index (κ3) is 2.92. The van der Waals surface area contributed by atoms with E-state index < -0.39 is 18.2 Å². The second-order valence-electron chi connectivity index (χ2n) is 5.69. The number of aliphatic hydroxyl groups excluding tert-OH is 1. The van der Waals surface area contributed by atoms with Gasteiger partial charge in [-0.1, -0.05) is 36.4 Å². The molecule has 2 fully saturated rings. The number of aliphatic hydroxyl groups is 1. The Bertz CT molecular complexity index is 682. The SMILES string of the molecule is C=CC/C(CO)=C1/O[C@@H]2CC(=O)N2C1C(=O)OCc1ccccc1. The van der Waals surface area contributed by atoms with Gasteiger partial charge in [-0.3, -0.25) is 9.69 Å². The van der Waals surface area contributed by atoms with Crippen molar-refractivity contribution < 1.29 is 24.2 Å². The Morgan fingerprint density at radius 1 is 1.42 bits per heavy atom. The van der Waals surface area contributed by atoms with Gasteiger partial charge in [0.15, 0.2) is 12.3 Å². The summed E-state index contributed by atoms with van der Waals surface area (Å²) in [6.45, 7) is 3.49. The summed E-state index contributed by atoms with van der Waals surface area (Å²) in [5, 5.41) is 9.54. The Hall–Kier alpha value is -2.60. The Balaban J connectivity index is 1.80. The highest BCUT2D eigenvalue weighted by molar-refractivity contribution is 5.91. The molecule has 0 spiro atoms. The van der Waals surface area contributed by atoms with E-state index in [1.54, 1.807) is 6.08 Å². The Morgan fingerprint density at radius 3 is 2.79 bits per heavy atom. The van der Waals surface area contributed by atoms with E-state index in [1.165, 1.54) is 4.90 Å². The second kappa shape index (κ2) is 6.88. The van der Waals surface area contributed by atoms with E-state index >= 15 is 0 Å². The first-order chi connectivity index (χ1) is 11.7. The quantitative estimate of drug-likeness (QED) is 0.486. The normalized spacial score (nSPS) is 23.9. The standard InChI is InChI=1S/C18H19NO5/c1-2-6-13(10-20)17-16(19-14(21)9-15(19)24-17)18(22)23-11-12-7-4-3-5-8-12/h2-5,7-8,15-16,20H,1,6,9-11H2/b17-13-/t15-,16?/m1/s1. The molecule has 0 aliphatic carbocycles. The van der Waals surface area contributed by atoms with Gasteiger partial charge in [-0.05, 0) is 17.6 Å².